The minimum absolute atomic E-state index is 0.199. The highest BCUT2D eigenvalue weighted by molar-refractivity contribution is 5.82. The van der Waals surface area contributed by atoms with Crippen LogP contribution in [0.15, 0.2) is 104 Å². The van der Waals surface area contributed by atoms with Gasteiger partial charge in [-0.15, -0.1) is 10.2 Å². The van der Waals surface area contributed by atoms with Crippen molar-refractivity contribution in [3.63, 3.8) is 0 Å². The summed E-state index contributed by atoms with van der Waals surface area (Å²) < 4.78 is 36.2. The molecule has 242 valence electrons. The van der Waals surface area contributed by atoms with Gasteiger partial charge >= 0.3 is 11.3 Å². The molecule has 0 unspecified atom stereocenters. The molecule has 7 rings (SSSR count). The van der Waals surface area contributed by atoms with Crippen LogP contribution in [0.2, 0.25) is 0 Å². The quantitative estimate of drug-likeness (QED) is 0.173. The van der Waals surface area contributed by atoms with Gasteiger partial charge in [0.1, 0.15) is 58.8 Å². The molecule has 4 aromatic heterocycles. The van der Waals surface area contributed by atoms with Crippen molar-refractivity contribution >= 4 is 21.9 Å². The number of methoxy groups -OCH3 is 2. The molecule has 0 spiro atoms. The van der Waals surface area contributed by atoms with Gasteiger partial charge in [0.05, 0.1) is 39.7 Å². The van der Waals surface area contributed by atoms with Crippen LogP contribution in [-0.2, 0) is 26.3 Å². The molecule has 14 heteroatoms. The second-order valence-electron chi connectivity index (χ2n) is 10.8. The Hall–Kier alpha value is -6.44. The molecule has 3 aromatic carbocycles. The van der Waals surface area contributed by atoms with Crippen LogP contribution < -0.4 is 30.2 Å². The average molecular weight is 649 g/mol. The maximum absolute atomic E-state index is 12.1. The Kier molecular flexibility index (Phi) is 8.26. The van der Waals surface area contributed by atoms with E-state index in [1.165, 1.54) is 12.1 Å². The van der Waals surface area contributed by atoms with Crippen LogP contribution in [0.5, 0.6) is 23.0 Å². The first-order valence-electron chi connectivity index (χ1n) is 14.8. The van der Waals surface area contributed by atoms with Crippen LogP contribution in [-0.4, -0.2) is 44.2 Å². The molecule has 0 aliphatic rings. The lowest BCUT2D eigenvalue weighted by Gasteiger charge is -2.07. The van der Waals surface area contributed by atoms with Crippen molar-refractivity contribution in [2.45, 2.75) is 26.3 Å². The average Bonchev–Trinajstić information content (AvgIpc) is 3.75. The zero-order chi connectivity index (χ0) is 33.0. The van der Waals surface area contributed by atoms with Gasteiger partial charge in [-0.25, -0.2) is 19.0 Å². The van der Waals surface area contributed by atoms with Crippen LogP contribution in [0.4, 0.5) is 0 Å². The number of aromatic nitrogens is 6. The molecule has 0 saturated carbocycles. The zero-order valence-corrected chi connectivity index (χ0v) is 25.9. The molecule has 0 aliphatic heterocycles. The second kappa shape index (κ2) is 13.1. The van der Waals surface area contributed by atoms with Crippen molar-refractivity contribution < 1.29 is 27.8 Å². The number of ether oxygens (including phenoxy) is 4. The predicted molar refractivity (Wildman–Crippen MR) is 171 cm³/mol. The third-order valence-corrected chi connectivity index (χ3v) is 7.51. The highest BCUT2D eigenvalue weighted by atomic mass is 16.5. The summed E-state index contributed by atoms with van der Waals surface area (Å²) in [4.78, 5) is 24.2. The highest BCUT2D eigenvalue weighted by Crippen LogP contribution is 2.25. The van der Waals surface area contributed by atoms with Crippen molar-refractivity contribution in [3.05, 3.63) is 129 Å². The lowest BCUT2D eigenvalue weighted by molar-refractivity contribution is 0.292. The van der Waals surface area contributed by atoms with E-state index in [0.717, 1.165) is 21.9 Å². The maximum atomic E-state index is 12.1. The van der Waals surface area contributed by atoms with Gasteiger partial charge in [-0.1, -0.05) is 10.4 Å². The maximum Gasteiger partial charge on any atom is 0.336 e. The van der Waals surface area contributed by atoms with E-state index in [1.807, 2.05) is 24.3 Å². The van der Waals surface area contributed by atoms with Crippen molar-refractivity contribution in [1.29, 1.82) is 0 Å². The number of hydrogen-bond acceptors (Lipinski definition) is 12. The lowest BCUT2D eigenvalue weighted by Crippen LogP contribution is -2.06. The van der Waals surface area contributed by atoms with Gasteiger partial charge in [0.15, 0.2) is 0 Å². The highest BCUT2D eigenvalue weighted by Gasteiger charge is 2.12. The fourth-order valence-electron chi connectivity index (χ4n) is 5.20. The summed E-state index contributed by atoms with van der Waals surface area (Å²) in [7, 11) is 3.11. The van der Waals surface area contributed by atoms with Gasteiger partial charge < -0.3 is 27.8 Å². The van der Waals surface area contributed by atoms with Gasteiger partial charge in [0, 0.05) is 35.0 Å². The molecule has 7 aromatic rings. The summed E-state index contributed by atoms with van der Waals surface area (Å²) in [6, 6.07) is 20.7. The van der Waals surface area contributed by atoms with Crippen molar-refractivity contribution in [1.82, 2.24) is 30.0 Å². The van der Waals surface area contributed by atoms with Crippen LogP contribution in [0.3, 0.4) is 0 Å². The molecule has 0 N–H and O–H groups in total. The number of rotatable bonds is 12. The molecule has 0 fully saturated rings. The monoisotopic (exact) mass is 648 g/mol. The van der Waals surface area contributed by atoms with E-state index in [-0.39, 0.29) is 13.2 Å². The molecule has 4 heterocycles. The minimum atomic E-state index is -0.455. The zero-order valence-electron chi connectivity index (χ0n) is 25.9. The van der Waals surface area contributed by atoms with E-state index in [1.54, 1.807) is 72.4 Å². The van der Waals surface area contributed by atoms with Gasteiger partial charge in [-0.3, -0.25) is 0 Å². The molecule has 0 amide bonds. The Morgan fingerprint density at radius 1 is 0.583 bits per heavy atom. The Morgan fingerprint density at radius 2 is 1.00 bits per heavy atom. The van der Waals surface area contributed by atoms with Gasteiger partial charge in [-0.05, 0) is 59.7 Å². The summed E-state index contributed by atoms with van der Waals surface area (Å²) in [5.41, 5.74) is 2.71. The van der Waals surface area contributed by atoms with E-state index in [2.05, 4.69) is 20.6 Å². The van der Waals surface area contributed by atoms with Crippen molar-refractivity contribution in [2.24, 2.45) is 0 Å². The standard InChI is InChI=1S/C34H28N6O8/c1-43-27-7-9-29-21(11-33(41)47-31(29)13-27)15-39-17-23(35-37-39)19-45-25-3-5-26(6-4-25)46-20-24-18-40(38-36-24)16-22-12-34(42)48-32-14-28(44-2)8-10-30(22)32/h3-14,17-18H,15-16,19-20H2,1-2H3. The molecular weight excluding hydrogens is 620 g/mol. The number of fused-ring (bicyclic) bond motifs is 2. The summed E-state index contributed by atoms with van der Waals surface area (Å²) >= 11 is 0. The van der Waals surface area contributed by atoms with Gasteiger partial charge in [-0.2, -0.15) is 0 Å². The largest absolute Gasteiger partial charge is 0.497 e. The number of hydrogen-bond donors (Lipinski definition) is 0. The van der Waals surface area contributed by atoms with E-state index in [0.29, 0.717) is 58.6 Å². The van der Waals surface area contributed by atoms with E-state index < -0.39 is 11.3 Å². The molecule has 0 aliphatic carbocycles. The summed E-state index contributed by atoms with van der Waals surface area (Å²) in [5.74, 6) is 2.45. The fourth-order valence-corrected chi connectivity index (χ4v) is 5.20. The molecule has 0 atom stereocenters. The van der Waals surface area contributed by atoms with Crippen LogP contribution >= 0.6 is 0 Å². The van der Waals surface area contributed by atoms with Crippen molar-refractivity contribution in [2.75, 3.05) is 14.2 Å². The first kappa shape index (κ1) is 30.2. The van der Waals surface area contributed by atoms with Crippen LogP contribution in [0.1, 0.15) is 22.5 Å². The van der Waals surface area contributed by atoms with Crippen LogP contribution in [0, 0.1) is 0 Å². The molecule has 48 heavy (non-hydrogen) atoms. The summed E-state index contributed by atoms with van der Waals surface area (Å²) in [6.45, 7) is 1.06. The molecule has 14 nitrogen and oxygen atoms in total. The normalized spacial score (nSPS) is 11.2. The molecule has 0 saturated heterocycles. The Balaban J connectivity index is 0.926. The molecular formula is C34H28N6O8. The number of nitrogens with zero attached hydrogens (tertiary/aromatic N) is 6. The fraction of sp³-hybridized carbons (Fsp3) is 0.176. The predicted octanol–water partition coefficient (Wildman–Crippen LogP) is 4.35. The van der Waals surface area contributed by atoms with Gasteiger partial charge in [0.25, 0.3) is 0 Å². The van der Waals surface area contributed by atoms with E-state index in [4.69, 9.17) is 27.8 Å². The SMILES string of the molecule is COc1ccc2c(Cn3cc(COc4ccc(OCc5cn(Cc6cc(=O)oc7cc(OC)ccc67)nn5)cc4)nn3)cc(=O)oc2c1. The molecule has 0 bridgehead atoms. The second-order valence-corrected chi connectivity index (χ2v) is 10.8. The van der Waals surface area contributed by atoms with Crippen LogP contribution in [0.25, 0.3) is 21.9 Å². The van der Waals surface area contributed by atoms with E-state index >= 15 is 0 Å². The lowest BCUT2D eigenvalue weighted by atomic mass is 10.1. The Morgan fingerprint density at radius 3 is 1.42 bits per heavy atom. The summed E-state index contributed by atoms with van der Waals surface area (Å²) in [5, 5.41) is 18.3. The third-order valence-electron chi connectivity index (χ3n) is 7.51. The third kappa shape index (κ3) is 6.72. The van der Waals surface area contributed by atoms with Gasteiger partial charge in [0.2, 0.25) is 0 Å². The first-order chi connectivity index (χ1) is 23.4. The topological polar surface area (TPSA) is 159 Å². The number of benzene rings is 3. The first-order valence-corrected chi connectivity index (χ1v) is 14.8. The Labute approximate surface area is 271 Å². The minimum Gasteiger partial charge on any atom is -0.497 e. The Bertz CT molecular complexity index is 2180. The molecule has 0 radical (unpaired) electrons. The van der Waals surface area contributed by atoms with Crippen molar-refractivity contribution in [3.8, 4) is 23.0 Å². The smallest absolute Gasteiger partial charge is 0.336 e. The summed E-state index contributed by atoms with van der Waals surface area (Å²) in [6.07, 6.45) is 3.53. The van der Waals surface area contributed by atoms with E-state index in [9.17, 15) is 9.59 Å².